The third-order valence-corrected chi connectivity index (χ3v) is 4.10. The highest BCUT2D eigenvalue weighted by Gasteiger charge is 2.35. The Kier molecular flexibility index (Phi) is 3.60. The van der Waals surface area contributed by atoms with Crippen LogP contribution in [-0.2, 0) is 4.74 Å². The summed E-state index contributed by atoms with van der Waals surface area (Å²) < 4.78 is 5.40. The highest BCUT2D eigenvalue weighted by atomic mass is 16.5. The van der Waals surface area contributed by atoms with Gasteiger partial charge in [-0.3, -0.25) is 0 Å². The standard InChI is InChI=1S/C15H23NO/c1-4-13(14-11(3)17-15(14)16)10(2)12-8-6-5-7-9-12/h5-6,8,10-11,13H,4,7,9,16H2,1-3H3/t10?,11?,13-/m1/s1. The Morgan fingerprint density at radius 1 is 1.53 bits per heavy atom. The molecule has 1 heterocycles. The van der Waals surface area contributed by atoms with Crippen LogP contribution in [0.4, 0.5) is 0 Å². The van der Waals surface area contributed by atoms with Crippen molar-refractivity contribution in [3.63, 3.8) is 0 Å². The summed E-state index contributed by atoms with van der Waals surface area (Å²) in [6.45, 7) is 6.66. The second kappa shape index (κ2) is 4.99. The number of hydrogen-bond acceptors (Lipinski definition) is 2. The minimum Gasteiger partial charge on any atom is -0.472 e. The van der Waals surface area contributed by atoms with E-state index in [1.807, 2.05) is 0 Å². The normalized spacial score (nSPS) is 27.0. The fraction of sp³-hybridized carbons (Fsp3) is 0.600. The van der Waals surface area contributed by atoms with E-state index in [9.17, 15) is 0 Å². The van der Waals surface area contributed by atoms with Gasteiger partial charge in [0, 0.05) is 5.57 Å². The van der Waals surface area contributed by atoms with Crippen molar-refractivity contribution in [3.05, 3.63) is 35.3 Å². The van der Waals surface area contributed by atoms with Crippen LogP contribution < -0.4 is 5.73 Å². The summed E-state index contributed by atoms with van der Waals surface area (Å²) >= 11 is 0. The van der Waals surface area contributed by atoms with E-state index in [0.717, 1.165) is 6.42 Å². The molecule has 2 heteroatoms. The summed E-state index contributed by atoms with van der Waals surface area (Å²) in [5, 5.41) is 0. The lowest BCUT2D eigenvalue weighted by molar-refractivity contribution is 0.0746. The van der Waals surface area contributed by atoms with E-state index in [0.29, 0.717) is 17.7 Å². The van der Waals surface area contributed by atoms with Crippen LogP contribution in [0.2, 0.25) is 0 Å². The first-order chi connectivity index (χ1) is 8.15. The molecule has 17 heavy (non-hydrogen) atoms. The van der Waals surface area contributed by atoms with Crippen LogP contribution in [0.5, 0.6) is 0 Å². The highest BCUT2D eigenvalue weighted by Crippen LogP contribution is 2.39. The third-order valence-electron chi connectivity index (χ3n) is 4.10. The van der Waals surface area contributed by atoms with E-state index in [2.05, 4.69) is 39.0 Å². The van der Waals surface area contributed by atoms with Crippen molar-refractivity contribution in [2.24, 2.45) is 17.6 Å². The van der Waals surface area contributed by atoms with Crippen LogP contribution in [0.3, 0.4) is 0 Å². The molecule has 0 bridgehead atoms. The van der Waals surface area contributed by atoms with E-state index in [4.69, 9.17) is 10.5 Å². The molecule has 1 aliphatic heterocycles. The van der Waals surface area contributed by atoms with Crippen molar-refractivity contribution in [3.8, 4) is 0 Å². The summed E-state index contributed by atoms with van der Waals surface area (Å²) in [6.07, 6.45) is 10.4. The Bertz CT molecular complexity index is 378. The number of ether oxygens (including phenoxy) is 1. The molecule has 2 nitrogen and oxygen atoms in total. The molecule has 94 valence electrons. The first kappa shape index (κ1) is 12.3. The summed E-state index contributed by atoms with van der Waals surface area (Å²) in [7, 11) is 0. The lowest BCUT2D eigenvalue weighted by Gasteiger charge is -2.38. The fourth-order valence-corrected chi connectivity index (χ4v) is 3.05. The number of hydrogen-bond donors (Lipinski definition) is 1. The van der Waals surface area contributed by atoms with Gasteiger partial charge in [0.15, 0.2) is 5.88 Å². The maximum atomic E-state index is 5.88. The molecule has 0 aromatic rings. The first-order valence-electron chi connectivity index (χ1n) is 6.67. The average molecular weight is 233 g/mol. The van der Waals surface area contributed by atoms with Gasteiger partial charge in [0.25, 0.3) is 0 Å². The van der Waals surface area contributed by atoms with Crippen LogP contribution in [0, 0.1) is 11.8 Å². The van der Waals surface area contributed by atoms with Crippen molar-refractivity contribution in [1.82, 2.24) is 0 Å². The second-order valence-electron chi connectivity index (χ2n) is 5.09. The number of nitrogens with two attached hydrogens (primary N) is 1. The third kappa shape index (κ3) is 2.26. The molecule has 3 atom stereocenters. The van der Waals surface area contributed by atoms with Crippen LogP contribution in [0.15, 0.2) is 35.3 Å². The van der Waals surface area contributed by atoms with Crippen LogP contribution in [-0.4, -0.2) is 6.10 Å². The number of allylic oxidation sites excluding steroid dienone is 4. The predicted octanol–water partition coefficient (Wildman–Crippen LogP) is 3.51. The Labute approximate surface area is 104 Å². The van der Waals surface area contributed by atoms with Gasteiger partial charge in [-0.2, -0.15) is 0 Å². The molecule has 2 rings (SSSR count). The van der Waals surface area contributed by atoms with Gasteiger partial charge in [-0.05, 0) is 38.0 Å². The molecule has 0 aromatic carbocycles. The van der Waals surface area contributed by atoms with Gasteiger partial charge in [-0.15, -0.1) is 0 Å². The SMILES string of the molecule is CC[C@@H](C1=C(N)OC1C)C(C)C1=CC=CCC1. The van der Waals surface area contributed by atoms with Gasteiger partial charge in [0.2, 0.25) is 0 Å². The van der Waals surface area contributed by atoms with E-state index in [-0.39, 0.29) is 6.10 Å². The maximum absolute atomic E-state index is 5.88. The molecule has 0 aromatic heterocycles. The van der Waals surface area contributed by atoms with Gasteiger partial charge in [0.05, 0.1) is 0 Å². The van der Waals surface area contributed by atoms with Crippen molar-refractivity contribution in [2.75, 3.05) is 0 Å². The zero-order valence-corrected chi connectivity index (χ0v) is 11.1. The molecule has 0 saturated carbocycles. The maximum Gasteiger partial charge on any atom is 0.187 e. The lowest BCUT2D eigenvalue weighted by Crippen LogP contribution is -2.36. The molecule has 0 amide bonds. The fourth-order valence-electron chi connectivity index (χ4n) is 3.05. The van der Waals surface area contributed by atoms with E-state index in [1.54, 1.807) is 5.57 Å². The number of rotatable bonds is 4. The molecule has 2 unspecified atom stereocenters. The topological polar surface area (TPSA) is 35.2 Å². The van der Waals surface area contributed by atoms with Crippen molar-refractivity contribution in [1.29, 1.82) is 0 Å². The Morgan fingerprint density at radius 3 is 2.76 bits per heavy atom. The summed E-state index contributed by atoms with van der Waals surface area (Å²) in [6, 6.07) is 0. The van der Waals surface area contributed by atoms with Gasteiger partial charge < -0.3 is 10.5 Å². The van der Waals surface area contributed by atoms with Gasteiger partial charge in [0.1, 0.15) is 6.10 Å². The zero-order chi connectivity index (χ0) is 12.4. The summed E-state index contributed by atoms with van der Waals surface area (Å²) in [4.78, 5) is 0. The predicted molar refractivity (Wildman–Crippen MR) is 71.2 cm³/mol. The van der Waals surface area contributed by atoms with Gasteiger partial charge in [-0.1, -0.05) is 37.6 Å². The molecular weight excluding hydrogens is 210 g/mol. The van der Waals surface area contributed by atoms with Crippen molar-refractivity contribution >= 4 is 0 Å². The Morgan fingerprint density at radius 2 is 2.29 bits per heavy atom. The molecule has 0 fully saturated rings. The van der Waals surface area contributed by atoms with Crippen LogP contribution in [0.25, 0.3) is 0 Å². The summed E-state index contributed by atoms with van der Waals surface area (Å²) in [5.41, 5.74) is 8.76. The molecule has 0 radical (unpaired) electrons. The first-order valence-corrected chi connectivity index (χ1v) is 6.67. The van der Waals surface area contributed by atoms with E-state index < -0.39 is 0 Å². The Balaban J connectivity index is 2.16. The second-order valence-corrected chi connectivity index (χ2v) is 5.09. The quantitative estimate of drug-likeness (QED) is 0.806. The zero-order valence-electron chi connectivity index (χ0n) is 11.1. The monoisotopic (exact) mass is 233 g/mol. The van der Waals surface area contributed by atoms with Gasteiger partial charge in [-0.25, -0.2) is 0 Å². The van der Waals surface area contributed by atoms with Crippen molar-refractivity contribution < 1.29 is 4.74 Å². The lowest BCUT2D eigenvalue weighted by atomic mass is 9.76. The van der Waals surface area contributed by atoms with Gasteiger partial charge >= 0.3 is 0 Å². The largest absolute Gasteiger partial charge is 0.472 e. The smallest absolute Gasteiger partial charge is 0.187 e. The summed E-state index contributed by atoms with van der Waals surface area (Å²) in [5.74, 6) is 1.78. The molecule has 2 aliphatic rings. The van der Waals surface area contributed by atoms with Crippen molar-refractivity contribution in [2.45, 2.75) is 46.1 Å². The van der Waals surface area contributed by atoms with Crippen LogP contribution >= 0.6 is 0 Å². The minimum absolute atomic E-state index is 0.210. The van der Waals surface area contributed by atoms with E-state index in [1.165, 1.54) is 18.4 Å². The minimum atomic E-state index is 0.210. The molecular formula is C15H23NO. The molecule has 1 aliphatic carbocycles. The van der Waals surface area contributed by atoms with E-state index >= 15 is 0 Å². The molecule has 2 N–H and O–H groups in total. The molecule has 0 spiro atoms. The highest BCUT2D eigenvalue weighted by molar-refractivity contribution is 5.28. The van der Waals surface area contributed by atoms with Crippen LogP contribution in [0.1, 0.15) is 40.0 Å². The Hall–Kier alpha value is -1.18. The average Bonchev–Trinajstić information content (AvgIpc) is 2.36. The molecule has 0 saturated heterocycles.